The Labute approximate surface area is 110 Å². The predicted octanol–water partition coefficient (Wildman–Crippen LogP) is 1.98. The molecule has 1 heterocycles. The van der Waals surface area contributed by atoms with Gasteiger partial charge in [0.2, 0.25) is 5.82 Å². The van der Waals surface area contributed by atoms with E-state index in [9.17, 15) is 26.7 Å². The molecule has 110 valence electrons. The molecule has 0 aliphatic carbocycles. The Morgan fingerprint density at radius 1 is 1.05 bits per heavy atom. The van der Waals surface area contributed by atoms with Crippen molar-refractivity contribution >= 4 is 5.91 Å². The molecule has 1 atom stereocenters. The number of carbonyl (C=O) groups excluding carboxylic acids is 1. The quantitative estimate of drug-likeness (QED) is 0.515. The number of nitrogens with zero attached hydrogens (tertiary/aromatic N) is 1. The Bertz CT molecular complexity index is 534. The number of hydrogen-bond donors (Lipinski definition) is 1. The highest BCUT2D eigenvalue weighted by Crippen LogP contribution is 2.27. The van der Waals surface area contributed by atoms with Crippen molar-refractivity contribution in [2.24, 2.45) is 0 Å². The van der Waals surface area contributed by atoms with Crippen molar-refractivity contribution in [3.8, 4) is 0 Å². The zero-order valence-corrected chi connectivity index (χ0v) is 10.1. The van der Waals surface area contributed by atoms with Crippen LogP contribution in [0.4, 0.5) is 22.0 Å². The van der Waals surface area contributed by atoms with Crippen LogP contribution in [0.3, 0.4) is 0 Å². The van der Waals surface area contributed by atoms with E-state index in [0.29, 0.717) is 12.8 Å². The van der Waals surface area contributed by atoms with Crippen molar-refractivity contribution in [1.82, 2.24) is 4.90 Å². The fourth-order valence-electron chi connectivity index (χ4n) is 2.23. The highest BCUT2D eigenvalue weighted by molar-refractivity contribution is 5.95. The first kappa shape index (κ1) is 14.7. The van der Waals surface area contributed by atoms with E-state index in [0.717, 1.165) is 4.90 Å². The number of halogens is 5. The van der Waals surface area contributed by atoms with Crippen molar-refractivity contribution in [2.75, 3.05) is 13.2 Å². The number of aliphatic hydroxyl groups excluding tert-OH is 1. The lowest BCUT2D eigenvalue weighted by molar-refractivity contribution is 0.0664. The molecule has 20 heavy (non-hydrogen) atoms. The van der Waals surface area contributed by atoms with Crippen LogP contribution in [0.2, 0.25) is 0 Å². The van der Waals surface area contributed by atoms with Crippen molar-refractivity contribution in [3.05, 3.63) is 34.6 Å². The summed E-state index contributed by atoms with van der Waals surface area (Å²) in [7, 11) is 0. The van der Waals surface area contributed by atoms with Gasteiger partial charge in [0, 0.05) is 6.54 Å². The summed E-state index contributed by atoms with van der Waals surface area (Å²) in [5.41, 5.74) is -1.48. The molecule has 1 saturated heterocycles. The van der Waals surface area contributed by atoms with Gasteiger partial charge in [0.15, 0.2) is 23.3 Å². The normalized spacial score (nSPS) is 18.7. The number of amides is 1. The molecule has 1 aromatic carbocycles. The second kappa shape index (κ2) is 5.35. The summed E-state index contributed by atoms with van der Waals surface area (Å²) in [4.78, 5) is 12.9. The number of hydrogen-bond acceptors (Lipinski definition) is 2. The minimum absolute atomic E-state index is 0.0869. The van der Waals surface area contributed by atoms with Crippen molar-refractivity contribution in [3.63, 3.8) is 0 Å². The highest BCUT2D eigenvalue weighted by Gasteiger charge is 2.36. The number of carbonyl (C=O) groups is 1. The fraction of sp³-hybridized carbons (Fsp3) is 0.417. The highest BCUT2D eigenvalue weighted by atomic mass is 19.2. The van der Waals surface area contributed by atoms with Gasteiger partial charge in [0.1, 0.15) is 5.56 Å². The maximum atomic E-state index is 13.5. The Morgan fingerprint density at radius 3 is 2.05 bits per heavy atom. The van der Waals surface area contributed by atoms with Crippen molar-refractivity contribution in [2.45, 2.75) is 18.9 Å². The topological polar surface area (TPSA) is 40.5 Å². The van der Waals surface area contributed by atoms with E-state index >= 15 is 0 Å². The third-order valence-corrected chi connectivity index (χ3v) is 3.27. The summed E-state index contributed by atoms with van der Waals surface area (Å²) >= 11 is 0. The molecule has 1 amide bonds. The molecule has 2 rings (SSSR count). The molecular weight excluding hydrogens is 285 g/mol. The summed E-state index contributed by atoms with van der Waals surface area (Å²) < 4.78 is 66.0. The lowest BCUT2D eigenvalue weighted by atomic mass is 10.1. The minimum Gasteiger partial charge on any atom is -0.394 e. The van der Waals surface area contributed by atoms with Crippen LogP contribution in [0.1, 0.15) is 23.2 Å². The molecule has 0 radical (unpaired) electrons. The second-order valence-electron chi connectivity index (χ2n) is 4.42. The monoisotopic (exact) mass is 295 g/mol. The van der Waals surface area contributed by atoms with Crippen molar-refractivity contribution < 1.29 is 31.9 Å². The molecule has 1 aromatic rings. The van der Waals surface area contributed by atoms with Crippen LogP contribution in [0.5, 0.6) is 0 Å². The number of rotatable bonds is 2. The molecule has 0 spiro atoms. The van der Waals surface area contributed by atoms with Crippen LogP contribution in [-0.4, -0.2) is 35.1 Å². The number of aliphatic hydroxyl groups is 1. The van der Waals surface area contributed by atoms with Gasteiger partial charge in [-0.2, -0.15) is 0 Å². The smallest absolute Gasteiger partial charge is 0.260 e. The Hall–Kier alpha value is -1.70. The zero-order valence-electron chi connectivity index (χ0n) is 10.1. The van der Waals surface area contributed by atoms with Gasteiger partial charge in [0.25, 0.3) is 5.91 Å². The average molecular weight is 295 g/mol. The van der Waals surface area contributed by atoms with Gasteiger partial charge < -0.3 is 10.0 Å². The first-order chi connectivity index (χ1) is 9.40. The van der Waals surface area contributed by atoms with Gasteiger partial charge >= 0.3 is 0 Å². The van der Waals surface area contributed by atoms with E-state index in [-0.39, 0.29) is 6.54 Å². The molecule has 1 fully saturated rings. The third-order valence-electron chi connectivity index (χ3n) is 3.27. The average Bonchev–Trinajstić information content (AvgIpc) is 2.91. The van der Waals surface area contributed by atoms with E-state index < -0.39 is 53.2 Å². The van der Waals surface area contributed by atoms with Gasteiger partial charge in [-0.3, -0.25) is 4.79 Å². The molecule has 8 heteroatoms. The van der Waals surface area contributed by atoms with Gasteiger partial charge in [-0.25, -0.2) is 22.0 Å². The van der Waals surface area contributed by atoms with E-state index in [1.807, 2.05) is 0 Å². The fourth-order valence-corrected chi connectivity index (χ4v) is 2.23. The van der Waals surface area contributed by atoms with Gasteiger partial charge in [-0.1, -0.05) is 0 Å². The molecule has 3 nitrogen and oxygen atoms in total. The Kier molecular flexibility index (Phi) is 3.94. The van der Waals surface area contributed by atoms with E-state index in [1.54, 1.807) is 0 Å². The van der Waals surface area contributed by atoms with Crippen LogP contribution >= 0.6 is 0 Å². The van der Waals surface area contributed by atoms with Gasteiger partial charge in [-0.05, 0) is 12.8 Å². The lowest BCUT2D eigenvalue weighted by Crippen LogP contribution is -2.39. The van der Waals surface area contributed by atoms with Crippen LogP contribution in [0, 0.1) is 29.1 Å². The standard InChI is InChI=1S/C12H10F5NO2/c13-7-6(8(14)10(16)11(17)9(7)15)12(20)18-3-1-2-5(18)4-19/h5,19H,1-4H2/t5-/m0/s1. The summed E-state index contributed by atoms with van der Waals surface area (Å²) in [6.45, 7) is -0.356. The van der Waals surface area contributed by atoms with Crippen molar-refractivity contribution in [1.29, 1.82) is 0 Å². The summed E-state index contributed by atoms with van der Waals surface area (Å²) in [5, 5.41) is 9.03. The number of benzene rings is 1. The largest absolute Gasteiger partial charge is 0.394 e. The zero-order chi connectivity index (χ0) is 15.0. The molecule has 0 saturated carbocycles. The predicted molar refractivity (Wildman–Crippen MR) is 57.4 cm³/mol. The van der Waals surface area contributed by atoms with Crippen LogP contribution in [-0.2, 0) is 0 Å². The summed E-state index contributed by atoms with van der Waals surface area (Å²) in [6.07, 6.45) is 0.879. The first-order valence-electron chi connectivity index (χ1n) is 5.83. The van der Waals surface area contributed by atoms with Crippen LogP contribution in [0.25, 0.3) is 0 Å². The maximum Gasteiger partial charge on any atom is 0.260 e. The molecule has 0 bridgehead atoms. The summed E-state index contributed by atoms with van der Waals surface area (Å²) in [6, 6.07) is -0.683. The molecule has 0 aromatic heterocycles. The van der Waals surface area contributed by atoms with Crippen LogP contribution < -0.4 is 0 Å². The second-order valence-corrected chi connectivity index (χ2v) is 4.42. The van der Waals surface area contributed by atoms with E-state index in [1.165, 1.54) is 0 Å². The molecule has 1 N–H and O–H groups in total. The van der Waals surface area contributed by atoms with Gasteiger partial charge in [-0.15, -0.1) is 0 Å². The molecule has 1 aliphatic heterocycles. The van der Waals surface area contributed by atoms with Crippen LogP contribution in [0.15, 0.2) is 0 Å². The Balaban J connectivity index is 2.50. The van der Waals surface area contributed by atoms with E-state index in [4.69, 9.17) is 5.11 Å². The summed E-state index contributed by atoms with van der Waals surface area (Å²) in [5.74, 6) is -12.3. The maximum absolute atomic E-state index is 13.5. The number of likely N-dealkylation sites (tertiary alicyclic amines) is 1. The lowest BCUT2D eigenvalue weighted by Gasteiger charge is -2.23. The van der Waals surface area contributed by atoms with E-state index in [2.05, 4.69) is 0 Å². The van der Waals surface area contributed by atoms with Gasteiger partial charge in [0.05, 0.1) is 12.6 Å². The minimum atomic E-state index is -2.31. The Morgan fingerprint density at radius 2 is 1.55 bits per heavy atom. The molecular formula is C12H10F5NO2. The SMILES string of the molecule is O=C(c1c(F)c(F)c(F)c(F)c1F)N1CCC[C@H]1CO. The molecule has 0 unspecified atom stereocenters. The first-order valence-corrected chi connectivity index (χ1v) is 5.83. The third kappa shape index (κ3) is 2.13. The molecule has 1 aliphatic rings.